The number of ether oxygens (including phenoxy) is 2. The highest BCUT2D eigenvalue weighted by Crippen LogP contribution is 2.57. The third-order valence-electron chi connectivity index (χ3n) is 7.53. The molecule has 2 saturated heterocycles. The van der Waals surface area contributed by atoms with E-state index >= 15 is 0 Å². The van der Waals surface area contributed by atoms with Gasteiger partial charge in [-0.15, -0.1) is 0 Å². The van der Waals surface area contributed by atoms with Gasteiger partial charge in [0.15, 0.2) is 0 Å². The van der Waals surface area contributed by atoms with Crippen molar-refractivity contribution in [3.63, 3.8) is 0 Å². The molecule has 0 bridgehead atoms. The monoisotopic (exact) mass is 509 g/mol. The van der Waals surface area contributed by atoms with E-state index < -0.39 is 52.9 Å². The number of carbonyl (C=O) groups excluding carboxylic acids is 5. The van der Waals surface area contributed by atoms with E-state index in [2.05, 4.69) is 0 Å². The van der Waals surface area contributed by atoms with Crippen molar-refractivity contribution in [3.8, 4) is 0 Å². The maximum absolute atomic E-state index is 14.0. The number of imide groups is 1. The van der Waals surface area contributed by atoms with E-state index in [1.54, 1.807) is 49.4 Å². The molecule has 8 nitrogen and oxygen atoms in total. The molecule has 2 aliphatic heterocycles. The number of fused-ring (bicyclic) bond motifs is 3. The summed E-state index contributed by atoms with van der Waals surface area (Å²) in [6.45, 7) is 3.76. The second kappa shape index (κ2) is 8.56. The Kier molecular flexibility index (Phi) is 5.39. The van der Waals surface area contributed by atoms with E-state index in [-0.39, 0.29) is 17.7 Å². The minimum absolute atomic E-state index is 0.170. The standard InChI is InChI=1S/C30H23NO7/c1-3-37-29(36)18-13-11-17(12-14-18)24-22-23(28(35)31(27(22)34)19-8-6-7-16(2)15-19)30(38-24)25(32)20-9-4-5-10-21(20)26(30)33/h4-15,22-24H,3H2,1-2H3/t22-,23+,24-/m1/s1. The van der Waals surface area contributed by atoms with Gasteiger partial charge in [-0.05, 0) is 49.2 Å². The van der Waals surface area contributed by atoms with Crippen molar-refractivity contribution in [2.24, 2.45) is 11.8 Å². The summed E-state index contributed by atoms with van der Waals surface area (Å²) in [5.74, 6) is -5.38. The first-order chi connectivity index (χ1) is 18.3. The number of ketones is 2. The van der Waals surface area contributed by atoms with Crippen LogP contribution in [0.3, 0.4) is 0 Å². The number of nitrogens with zero attached hydrogens (tertiary/aromatic N) is 1. The summed E-state index contributed by atoms with van der Waals surface area (Å²) in [5.41, 5.74) is 0.176. The molecule has 3 atom stereocenters. The van der Waals surface area contributed by atoms with Crippen molar-refractivity contribution in [1.29, 1.82) is 0 Å². The number of aryl methyl sites for hydroxylation is 1. The number of benzene rings is 3. The summed E-state index contributed by atoms with van der Waals surface area (Å²) in [7, 11) is 0. The molecule has 0 radical (unpaired) electrons. The number of carbonyl (C=O) groups is 5. The number of amides is 2. The molecule has 1 aliphatic carbocycles. The van der Waals surface area contributed by atoms with Gasteiger partial charge < -0.3 is 9.47 Å². The number of Topliss-reactive ketones (excluding diaryl/α,β-unsaturated/α-hetero) is 2. The Hall–Kier alpha value is -4.43. The molecule has 0 N–H and O–H groups in total. The first-order valence-corrected chi connectivity index (χ1v) is 12.4. The van der Waals surface area contributed by atoms with Crippen LogP contribution in [0.1, 0.15) is 55.2 Å². The Labute approximate surface area is 218 Å². The number of esters is 1. The van der Waals surface area contributed by atoms with Crippen molar-refractivity contribution in [1.82, 2.24) is 0 Å². The molecule has 3 aromatic carbocycles. The van der Waals surface area contributed by atoms with Crippen LogP contribution in [-0.4, -0.2) is 41.6 Å². The summed E-state index contributed by atoms with van der Waals surface area (Å²) >= 11 is 0. The van der Waals surface area contributed by atoms with Crippen LogP contribution in [0.2, 0.25) is 0 Å². The molecule has 0 saturated carbocycles. The summed E-state index contributed by atoms with van der Waals surface area (Å²) in [6.07, 6.45) is -1.07. The van der Waals surface area contributed by atoms with E-state index in [1.807, 2.05) is 13.0 Å². The maximum atomic E-state index is 14.0. The van der Waals surface area contributed by atoms with Crippen LogP contribution in [0.5, 0.6) is 0 Å². The fourth-order valence-corrected chi connectivity index (χ4v) is 5.86. The van der Waals surface area contributed by atoms with Crippen LogP contribution >= 0.6 is 0 Å². The predicted octanol–water partition coefficient (Wildman–Crippen LogP) is 3.87. The number of anilines is 1. The van der Waals surface area contributed by atoms with Crippen molar-refractivity contribution in [3.05, 3.63) is 101 Å². The van der Waals surface area contributed by atoms with Gasteiger partial charge in [-0.25, -0.2) is 9.69 Å². The van der Waals surface area contributed by atoms with Gasteiger partial charge in [0.2, 0.25) is 29.0 Å². The van der Waals surface area contributed by atoms with Crippen molar-refractivity contribution < 1.29 is 33.4 Å². The molecular formula is C30H23NO7. The van der Waals surface area contributed by atoms with Crippen LogP contribution in [0, 0.1) is 18.8 Å². The van der Waals surface area contributed by atoms with E-state index in [4.69, 9.17) is 9.47 Å². The van der Waals surface area contributed by atoms with Gasteiger partial charge >= 0.3 is 5.97 Å². The molecule has 1 spiro atoms. The van der Waals surface area contributed by atoms with Crippen LogP contribution < -0.4 is 4.90 Å². The Morgan fingerprint density at radius 2 is 1.55 bits per heavy atom. The quantitative estimate of drug-likeness (QED) is 0.299. The van der Waals surface area contributed by atoms with Gasteiger partial charge in [0, 0.05) is 11.1 Å². The lowest BCUT2D eigenvalue weighted by atomic mass is 9.77. The second-order valence-corrected chi connectivity index (χ2v) is 9.67. The first kappa shape index (κ1) is 23.9. The lowest BCUT2D eigenvalue weighted by Gasteiger charge is -2.27. The molecular weight excluding hydrogens is 486 g/mol. The van der Waals surface area contributed by atoms with Crippen molar-refractivity contribution in [2.45, 2.75) is 25.6 Å². The van der Waals surface area contributed by atoms with Crippen LogP contribution in [0.25, 0.3) is 0 Å². The number of rotatable bonds is 4. The third-order valence-corrected chi connectivity index (χ3v) is 7.53. The van der Waals surface area contributed by atoms with E-state index in [0.717, 1.165) is 10.5 Å². The molecule has 0 aromatic heterocycles. The third kappa shape index (κ3) is 3.16. The minimum atomic E-state index is -2.15. The normalized spacial score (nSPS) is 23.2. The van der Waals surface area contributed by atoms with Gasteiger partial charge in [-0.1, -0.05) is 48.5 Å². The molecule has 8 heteroatoms. The predicted molar refractivity (Wildman–Crippen MR) is 135 cm³/mol. The molecule has 190 valence electrons. The van der Waals surface area contributed by atoms with Gasteiger partial charge in [-0.3, -0.25) is 19.2 Å². The summed E-state index contributed by atoms with van der Waals surface area (Å²) in [4.78, 5) is 68.7. The lowest BCUT2D eigenvalue weighted by Crippen LogP contribution is -2.51. The molecule has 2 amide bonds. The smallest absolute Gasteiger partial charge is 0.338 e. The highest BCUT2D eigenvalue weighted by Gasteiger charge is 2.74. The van der Waals surface area contributed by atoms with Crippen molar-refractivity contribution >= 4 is 35.0 Å². The minimum Gasteiger partial charge on any atom is -0.462 e. The second-order valence-electron chi connectivity index (χ2n) is 9.67. The maximum Gasteiger partial charge on any atom is 0.338 e. The summed E-state index contributed by atoms with van der Waals surface area (Å²) in [5, 5.41) is 0. The SMILES string of the molecule is CCOC(=O)c1ccc([C@H]2OC3(C(=O)c4ccccc4C3=O)[C@@H]3C(=O)N(c4cccc(C)c4)C(=O)[C@@H]23)cc1. The zero-order valence-corrected chi connectivity index (χ0v) is 20.7. The van der Waals surface area contributed by atoms with Crippen LogP contribution in [0.4, 0.5) is 5.69 Å². The molecule has 38 heavy (non-hydrogen) atoms. The van der Waals surface area contributed by atoms with Gasteiger partial charge in [0.1, 0.15) is 0 Å². The average molecular weight is 510 g/mol. The largest absolute Gasteiger partial charge is 0.462 e. The Morgan fingerprint density at radius 1 is 0.895 bits per heavy atom. The zero-order valence-electron chi connectivity index (χ0n) is 20.7. The van der Waals surface area contributed by atoms with E-state index in [9.17, 15) is 24.0 Å². The first-order valence-electron chi connectivity index (χ1n) is 12.4. The summed E-state index contributed by atoms with van der Waals surface area (Å²) in [6, 6.07) is 19.5. The average Bonchev–Trinajstić information content (AvgIpc) is 3.49. The fraction of sp³-hybridized carbons (Fsp3) is 0.233. The van der Waals surface area contributed by atoms with Crippen LogP contribution in [0.15, 0.2) is 72.8 Å². The molecule has 2 heterocycles. The zero-order chi connectivity index (χ0) is 26.8. The van der Waals surface area contributed by atoms with Crippen molar-refractivity contribution in [2.75, 3.05) is 11.5 Å². The molecule has 0 unspecified atom stereocenters. The highest BCUT2D eigenvalue weighted by atomic mass is 16.5. The summed E-state index contributed by atoms with van der Waals surface area (Å²) < 4.78 is 11.3. The molecule has 3 aromatic rings. The fourth-order valence-electron chi connectivity index (χ4n) is 5.86. The Balaban J connectivity index is 1.49. The lowest BCUT2D eigenvalue weighted by molar-refractivity contribution is -0.127. The van der Waals surface area contributed by atoms with Gasteiger partial charge in [0.25, 0.3) is 0 Å². The van der Waals surface area contributed by atoms with E-state index in [0.29, 0.717) is 16.8 Å². The van der Waals surface area contributed by atoms with Gasteiger partial charge in [-0.2, -0.15) is 0 Å². The Morgan fingerprint density at radius 3 is 2.16 bits per heavy atom. The van der Waals surface area contributed by atoms with Crippen LogP contribution in [-0.2, 0) is 19.1 Å². The highest BCUT2D eigenvalue weighted by molar-refractivity contribution is 6.37. The van der Waals surface area contributed by atoms with Gasteiger partial charge in [0.05, 0.1) is 35.8 Å². The molecule has 3 aliphatic rings. The molecule has 6 rings (SSSR count). The Bertz CT molecular complexity index is 1510. The topological polar surface area (TPSA) is 107 Å². The number of hydrogen-bond acceptors (Lipinski definition) is 7. The van der Waals surface area contributed by atoms with E-state index in [1.165, 1.54) is 24.3 Å². The number of hydrogen-bond donors (Lipinski definition) is 0. The molecule has 2 fully saturated rings.